The molecule has 0 atom stereocenters. The zero-order valence-electron chi connectivity index (χ0n) is 11.5. The third-order valence-corrected chi connectivity index (χ3v) is 3.54. The van der Waals surface area contributed by atoms with Crippen LogP contribution in [0.1, 0.15) is 5.56 Å². The van der Waals surface area contributed by atoms with E-state index < -0.39 is 24.1 Å². The van der Waals surface area contributed by atoms with Crippen LogP contribution in [0, 0.1) is 17.5 Å². The van der Waals surface area contributed by atoms with E-state index in [1.807, 2.05) is 0 Å². The second-order valence-corrected chi connectivity index (χ2v) is 5.18. The second-order valence-electron chi connectivity index (χ2n) is 4.75. The highest BCUT2D eigenvalue weighted by Crippen LogP contribution is 2.35. The lowest BCUT2D eigenvalue weighted by Gasteiger charge is -2.04. The molecule has 1 N–H and O–H groups in total. The van der Waals surface area contributed by atoms with Gasteiger partial charge in [0.05, 0.1) is 17.7 Å². The van der Waals surface area contributed by atoms with Crippen LogP contribution in [0.5, 0.6) is 0 Å². The van der Waals surface area contributed by atoms with Crippen molar-refractivity contribution in [2.24, 2.45) is 0 Å². The van der Waals surface area contributed by atoms with Gasteiger partial charge in [-0.3, -0.25) is 0 Å². The van der Waals surface area contributed by atoms with Crippen LogP contribution in [0.2, 0.25) is 5.02 Å². The van der Waals surface area contributed by atoms with Gasteiger partial charge in [-0.1, -0.05) is 16.8 Å². The summed E-state index contributed by atoms with van der Waals surface area (Å²) in [5, 5.41) is 13.5. The Labute approximate surface area is 133 Å². The number of rotatable bonds is 3. The van der Waals surface area contributed by atoms with Gasteiger partial charge in [0.2, 0.25) is 0 Å². The van der Waals surface area contributed by atoms with Crippen LogP contribution in [-0.2, 0) is 6.61 Å². The number of hydrogen-bond acceptors (Lipinski definition) is 3. The molecular formula is C16H9ClF3NO2. The molecule has 7 heteroatoms. The molecule has 0 amide bonds. The van der Waals surface area contributed by atoms with Gasteiger partial charge >= 0.3 is 0 Å². The first-order valence-corrected chi connectivity index (χ1v) is 6.89. The summed E-state index contributed by atoms with van der Waals surface area (Å²) in [4.78, 5) is 0. The van der Waals surface area contributed by atoms with E-state index in [1.54, 1.807) is 0 Å². The van der Waals surface area contributed by atoms with Crippen LogP contribution in [0.25, 0.3) is 22.6 Å². The largest absolute Gasteiger partial charge is 0.391 e. The summed E-state index contributed by atoms with van der Waals surface area (Å²) in [5.41, 5.74) is 0.0941. The molecule has 0 aliphatic rings. The summed E-state index contributed by atoms with van der Waals surface area (Å²) in [6.45, 7) is -0.562. The Morgan fingerprint density at radius 2 is 1.70 bits per heavy atom. The van der Waals surface area contributed by atoms with E-state index in [0.29, 0.717) is 6.07 Å². The van der Waals surface area contributed by atoms with Gasteiger partial charge in [0.15, 0.2) is 5.76 Å². The molecule has 0 bridgehead atoms. The van der Waals surface area contributed by atoms with Crippen molar-refractivity contribution >= 4 is 11.6 Å². The number of aliphatic hydroxyl groups is 1. The van der Waals surface area contributed by atoms with Crippen molar-refractivity contribution in [3.05, 3.63) is 64.4 Å². The fraction of sp³-hybridized carbons (Fsp3) is 0.0625. The van der Waals surface area contributed by atoms with E-state index in [1.165, 1.54) is 12.1 Å². The minimum absolute atomic E-state index is 0.0281. The van der Waals surface area contributed by atoms with E-state index in [0.717, 1.165) is 18.2 Å². The van der Waals surface area contributed by atoms with Gasteiger partial charge in [-0.05, 0) is 30.3 Å². The van der Waals surface area contributed by atoms with Crippen LogP contribution in [-0.4, -0.2) is 10.3 Å². The third kappa shape index (κ3) is 2.83. The van der Waals surface area contributed by atoms with Gasteiger partial charge in [0, 0.05) is 16.7 Å². The minimum Gasteiger partial charge on any atom is -0.391 e. The van der Waals surface area contributed by atoms with Crippen LogP contribution in [0.3, 0.4) is 0 Å². The molecule has 1 aromatic heterocycles. The predicted molar refractivity (Wildman–Crippen MR) is 78.2 cm³/mol. The number of aromatic nitrogens is 1. The highest BCUT2D eigenvalue weighted by Gasteiger charge is 2.22. The fourth-order valence-corrected chi connectivity index (χ4v) is 2.39. The third-order valence-electron chi connectivity index (χ3n) is 3.31. The van der Waals surface area contributed by atoms with Gasteiger partial charge in [0.1, 0.15) is 23.1 Å². The fourth-order valence-electron chi connectivity index (χ4n) is 2.23. The number of halogens is 4. The summed E-state index contributed by atoms with van der Waals surface area (Å²) in [7, 11) is 0. The molecule has 0 radical (unpaired) electrons. The first kappa shape index (κ1) is 15.6. The van der Waals surface area contributed by atoms with Crippen molar-refractivity contribution < 1.29 is 22.8 Å². The Morgan fingerprint density at radius 3 is 2.35 bits per heavy atom. The van der Waals surface area contributed by atoms with Crippen LogP contribution in [0.15, 0.2) is 40.9 Å². The van der Waals surface area contributed by atoms with Crippen LogP contribution >= 0.6 is 11.6 Å². The highest BCUT2D eigenvalue weighted by atomic mass is 35.5. The van der Waals surface area contributed by atoms with E-state index in [4.69, 9.17) is 16.1 Å². The van der Waals surface area contributed by atoms with Gasteiger partial charge in [-0.25, -0.2) is 13.2 Å². The van der Waals surface area contributed by atoms with Gasteiger partial charge in [0.25, 0.3) is 0 Å². The molecular weight excluding hydrogens is 331 g/mol. The maximum atomic E-state index is 14.0. The second kappa shape index (κ2) is 6.06. The first-order chi connectivity index (χ1) is 11.0. The summed E-state index contributed by atoms with van der Waals surface area (Å²) >= 11 is 5.70. The number of aliphatic hydroxyl groups excluding tert-OH is 1. The Morgan fingerprint density at radius 1 is 1.00 bits per heavy atom. The smallest absolute Gasteiger partial charge is 0.175 e. The Balaban J connectivity index is 2.17. The molecule has 0 saturated heterocycles. The molecule has 0 aliphatic heterocycles. The van der Waals surface area contributed by atoms with Crippen molar-refractivity contribution in [3.8, 4) is 22.6 Å². The van der Waals surface area contributed by atoms with E-state index in [9.17, 15) is 18.3 Å². The average Bonchev–Trinajstić information content (AvgIpc) is 2.90. The molecule has 0 saturated carbocycles. The van der Waals surface area contributed by atoms with E-state index >= 15 is 0 Å². The number of benzene rings is 2. The molecule has 3 nitrogen and oxygen atoms in total. The molecule has 1 heterocycles. The maximum Gasteiger partial charge on any atom is 0.175 e. The molecule has 118 valence electrons. The van der Waals surface area contributed by atoms with Crippen molar-refractivity contribution in [1.29, 1.82) is 0 Å². The summed E-state index contributed by atoms with van der Waals surface area (Å²) in [6, 6.07) is 6.80. The maximum absolute atomic E-state index is 14.0. The predicted octanol–water partition coefficient (Wildman–Crippen LogP) is 4.57. The van der Waals surface area contributed by atoms with Crippen molar-refractivity contribution in [2.45, 2.75) is 6.61 Å². The molecule has 2 aromatic carbocycles. The lowest BCUT2D eigenvalue weighted by atomic mass is 10.0. The van der Waals surface area contributed by atoms with Gasteiger partial charge in [-0.15, -0.1) is 0 Å². The lowest BCUT2D eigenvalue weighted by Crippen LogP contribution is -1.93. The van der Waals surface area contributed by atoms with E-state index in [2.05, 4.69) is 5.16 Å². The highest BCUT2D eigenvalue weighted by molar-refractivity contribution is 6.30. The Bertz CT molecular complexity index is 811. The monoisotopic (exact) mass is 339 g/mol. The zero-order chi connectivity index (χ0) is 16.6. The van der Waals surface area contributed by atoms with Crippen LogP contribution in [0.4, 0.5) is 13.2 Å². The topological polar surface area (TPSA) is 46.3 Å². The van der Waals surface area contributed by atoms with Gasteiger partial charge < -0.3 is 9.63 Å². The molecule has 23 heavy (non-hydrogen) atoms. The summed E-state index contributed by atoms with van der Waals surface area (Å²) in [5.74, 6) is -2.37. The zero-order valence-corrected chi connectivity index (χ0v) is 12.2. The summed E-state index contributed by atoms with van der Waals surface area (Å²) in [6.07, 6.45) is 0. The molecule has 3 rings (SSSR count). The Kier molecular flexibility index (Phi) is 4.11. The molecule has 0 unspecified atom stereocenters. The molecule has 0 fully saturated rings. The minimum atomic E-state index is -0.876. The quantitative estimate of drug-likeness (QED) is 0.760. The molecule has 3 aromatic rings. The summed E-state index contributed by atoms with van der Waals surface area (Å²) < 4.78 is 46.0. The number of nitrogens with zero attached hydrogens (tertiary/aromatic N) is 1. The van der Waals surface area contributed by atoms with Crippen molar-refractivity contribution in [1.82, 2.24) is 5.16 Å². The van der Waals surface area contributed by atoms with Crippen LogP contribution < -0.4 is 0 Å². The van der Waals surface area contributed by atoms with Crippen molar-refractivity contribution in [2.75, 3.05) is 0 Å². The first-order valence-electron chi connectivity index (χ1n) is 6.51. The van der Waals surface area contributed by atoms with Gasteiger partial charge in [-0.2, -0.15) is 0 Å². The SMILES string of the molecule is OCc1c(-c2ccc(Cl)cc2F)noc1-c1ccc(F)cc1F. The average molecular weight is 340 g/mol. The van der Waals surface area contributed by atoms with E-state index in [-0.39, 0.29) is 33.2 Å². The molecule has 0 spiro atoms. The Hall–Kier alpha value is -2.31. The van der Waals surface area contributed by atoms with Crippen molar-refractivity contribution in [3.63, 3.8) is 0 Å². The lowest BCUT2D eigenvalue weighted by molar-refractivity contribution is 0.281. The standard InChI is InChI=1S/C16H9ClF3NO2/c17-8-1-3-10(13(19)5-8)15-12(7-22)16(23-21-15)11-4-2-9(18)6-14(11)20/h1-6,22H,7H2. The normalized spacial score (nSPS) is 11.0. The molecule has 0 aliphatic carbocycles. The number of hydrogen-bond donors (Lipinski definition) is 1.